The third-order valence-corrected chi connectivity index (χ3v) is 7.92. The number of nitrogens with one attached hydrogen (secondary N) is 1. The molecule has 1 N–H and O–H groups in total. The summed E-state index contributed by atoms with van der Waals surface area (Å²) in [5, 5.41) is 3.11. The Kier molecular flexibility index (Phi) is 7.24. The second kappa shape index (κ2) is 10.6. The molecule has 2 aliphatic rings. The lowest BCUT2D eigenvalue weighted by Gasteiger charge is -2.44. The number of halogens is 1. The van der Waals surface area contributed by atoms with Crippen molar-refractivity contribution in [1.29, 1.82) is 0 Å². The minimum Gasteiger partial charge on any atom is -0.380 e. The molecule has 1 amide bonds. The number of amides is 1. The fourth-order valence-corrected chi connectivity index (χ4v) is 5.74. The number of aromatic nitrogens is 2. The van der Waals surface area contributed by atoms with Gasteiger partial charge in [0.25, 0.3) is 0 Å². The van der Waals surface area contributed by atoms with Crippen molar-refractivity contribution in [3.05, 3.63) is 77.9 Å². The zero-order chi connectivity index (χ0) is 25.1. The van der Waals surface area contributed by atoms with Crippen LogP contribution >= 0.6 is 0 Å². The highest BCUT2D eigenvalue weighted by molar-refractivity contribution is 5.89. The third kappa shape index (κ3) is 4.83. The quantitative estimate of drug-likeness (QED) is 0.410. The van der Waals surface area contributed by atoms with Crippen LogP contribution in [0.1, 0.15) is 62.6 Å². The highest BCUT2D eigenvalue weighted by atomic mass is 19.1. The molecule has 2 aromatic carbocycles. The highest BCUT2D eigenvalue weighted by Crippen LogP contribution is 2.47. The molecule has 2 aliphatic carbocycles. The molecule has 5 rings (SSSR count). The standard InChI is InChI=1S/C30H36FN3O2/c1-3-17-32-29(35)30(24-11-13-25(31)14-12-24)16-15-23(18-27(30)36-2)26-20-34(19-21-9-10-21)28(33-26)22-7-5-4-6-8-22/h4-8,11-14,20-21,23,27H,3,9-10,15-19H2,1-2H3,(H,32,35). The molecule has 190 valence electrons. The third-order valence-electron chi connectivity index (χ3n) is 7.92. The second-order valence-corrected chi connectivity index (χ2v) is 10.4. The first-order valence-electron chi connectivity index (χ1n) is 13.2. The van der Waals surface area contributed by atoms with Crippen molar-refractivity contribution in [2.45, 2.75) is 69.4 Å². The average Bonchev–Trinajstić information content (AvgIpc) is 3.64. The summed E-state index contributed by atoms with van der Waals surface area (Å²) in [6, 6.07) is 16.7. The maximum absolute atomic E-state index is 13.8. The van der Waals surface area contributed by atoms with Gasteiger partial charge in [-0.2, -0.15) is 0 Å². The van der Waals surface area contributed by atoms with Crippen molar-refractivity contribution in [2.24, 2.45) is 5.92 Å². The van der Waals surface area contributed by atoms with Crippen LogP contribution in [0.25, 0.3) is 11.4 Å². The molecule has 2 saturated carbocycles. The number of rotatable bonds is 9. The van der Waals surface area contributed by atoms with E-state index in [0.29, 0.717) is 19.4 Å². The zero-order valence-corrected chi connectivity index (χ0v) is 21.3. The van der Waals surface area contributed by atoms with Gasteiger partial charge in [-0.3, -0.25) is 4.79 Å². The fraction of sp³-hybridized carbons (Fsp3) is 0.467. The van der Waals surface area contributed by atoms with Gasteiger partial charge in [-0.25, -0.2) is 9.37 Å². The molecule has 3 atom stereocenters. The summed E-state index contributed by atoms with van der Waals surface area (Å²) < 4.78 is 22.1. The Balaban J connectivity index is 1.47. The van der Waals surface area contributed by atoms with Crippen molar-refractivity contribution in [2.75, 3.05) is 13.7 Å². The van der Waals surface area contributed by atoms with Crippen molar-refractivity contribution in [3.63, 3.8) is 0 Å². The van der Waals surface area contributed by atoms with Crippen molar-refractivity contribution < 1.29 is 13.9 Å². The van der Waals surface area contributed by atoms with E-state index in [9.17, 15) is 9.18 Å². The van der Waals surface area contributed by atoms with Crippen molar-refractivity contribution >= 4 is 5.91 Å². The number of benzene rings is 2. The number of carbonyl (C=O) groups excluding carboxylic acids is 1. The van der Waals surface area contributed by atoms with Gasteiger partial charge in [0.2, 0.25) is 5.91 Å². The molecule has 3 aromatic rings. The van der Waals surface area contributed by atoms with Crippen LogP contribution in [0.4, 0.5) is 4.39 Å². The first-order valence-corrected chi connectivity index (χ1v) is 13.2. The molecular weight excluding hydrogens is 453 g/mol. The van der Waals surface area contributed by atoms with E-state index in [4.69, 9.17) is 9.72 Å². The van der Waals surface area contributed by atoms with Gasteiger partial charge in [0.1, 0.15) is 17.1 Å². The van der Waals surface area contributed by atoms with Gasteiger partial charge in [0.05, 0.1) is 11.8 Å². The van der Waals surface area contributed by atoms with Crippen LogP contribution in [0.2, 0.25) is 0 Å². The summed E-state index contributed by atoms with van der Waals surface area (Å²) in [5.41, 5.74) is 2.15. The number of hydrogen-bond acceptors (Lipinski definition) is 3. The molecule has 2 fully saturated rings. The van der Waals surface area contributed by atoms with Crippen LogP contribution in [0.3, 0.4) is 0 Å². The fourth-order valence-electron chi connectivity index (χ4n) is 5.74. The number of carbonyl (C=O) groups is 1. The summed E-state index contributed by atoms with van der Waals surface area (Å²) in [6.45, 7) is 3.64. The monoisotopic (exact) mass is 489 g/mol. The van der Waals surface area contributed by atoms with Crippen molar-refractivity contribution in [3.8, 4) is 11.4 Å². The van der Waals surface area contributed by atoms with Crippen LogP contribution in [0, 0.1) is 11.7 Å². The Bertz CT molecular complexity index is 1170. The van der Waals surface area contributed by atoms with Gasteiger partial charge in [-0.1, -0.05) is 49.4 Å². The van der Waals surface area contributed by atoms with E-state index in [-0.39, 0.29) is 23.7 Å². The van der Waals surface area contributed by atoms with Gasteiger partial charge in [0.15, 0.2) is 0 Å². The first kappa shape index (κ1) is 24.7. The maximum atomic E-state index is 13.8. The van der Waals surface area contributed by atoms with Crippen LogP contribution in [0.15, 0.2) is 60.8 Å². The van der Waals surface area contributed by atoms with Crippen LogP contribution in [-0.2, 0) is 21.5 Å². The normalized spacial score (nSPS) is 24.0. The Morgan fingerprint density at radius 1 is 1.14 bits per heavy atom. The predicted molar refractivity (Wildman–Crippen MR) is 139 cm³/mol. The van der Waals surface area contributed by atoms with E-state index in [1.54, 1.807) is 19.2 Å². The summed E-state index contributed by atoms with van der Waals surface area (Å²) in [4.78, 5) is 18.8. The van der Waals surface area contributed by atoms with E-state index in [1.165, 1.54) is 25.0 Å². The molecule has 1 heterocycles. The summed E-state index contributed by atoms with van der Waals surface area (Å²) >= 11 is 0. The van der Waals surface area contributed by atoms with E-state index in [2.05, 4.69) is 40.3 Å². The van der Waals surface area contributed by atoms with Crippen LogP contribution in [0.5, 0.6) is 0 Å². The molecule has 1 aromatic heterocycles. The molecule has 0 bridgehead atoms. The largest absolute Gasteiger partial charge is 0.380 e. The first-order chi connectivity index (χ1) is 17.5. The minimum atomic E-state index is -0.854. The topological polar surface area (TPSA) is 56.2 Å². The van der Waals surface area contributed by atoms with Gasteiger partial charge >= 0.3 is 0 Å². The molecule has 0 saturated heterocycles. The molecule has 3 unspecified atom stereocenters. The van der Waals surface area contributed by atoms with Gasteiger partial charge in [-0.05, 0) is 62.1 Å². The lowest BCUT2D eigenvalue weighted by molar-refractivity contribution is -0.135. The molecule has 0 radical (unpaired) electrons. The summed E-state index contributed by atoms with van der Waals surface area (Å²) in [5.74, 6) is 1.60. The molecule has 36 heavy (non-hydrogen) atoms. The number of imidazole rings is 1. The lowest BCUT2D eigenvalue weighted by atomic mass is 9.63. The van der Waals surface area contributed by atoms with Gasteiger partial charge < -0.3 is 14.6 Å². The number of nitrogens with zero attached hydrogens (tertiary/aromatic N) is 2. The van der Waals surface area contributed by atoms with Crippen molar-refractivity contribution in [1.82, 2.24) is 14.9 Å². The Morgan fingerprint density at radius 2 is 1.89 bits per heavy atom. The molecule has 6 heteroatoms. The minimum absolute atomic E-state index is 0.0366. The Hall–Kier alpha value is -2.99. The number of methoxy groups -OCH3 is 1. The average molecular weight is 490 g/mol. The Morgan fingerprint density at radius 3 is 2.56 bits per heavy atom. The number of hydrogen-bond donors (Lipinski definition) is 1. The van der Waals surface area contributed by atoms with Gasteiger partial charge in [-0.15, -0.1) is 0 Å². The zero-order valence-electron chi connectivity index (χ0n) is 21.3. The predicted octanol–water partition coefficient (Wildman–Crippen LogP) is 5.85. The van der Waals surface area contributed by atoms with Crippen LogP contribution < -0.4 is 5.32 Å². The highest BCUT2D eigenvalue weighted by Gasteiger charge is 2.51. The van der Waals surface area contributed by atoms with Crippen LogP contribution in [-0.4, -0.2) is 35.2 Å². The van der Waals surface area contributed by atoms with E-state index in [0.717, 1.165) is 47.9 Å². The lowest BCUT2D eigenvalue weighted by Crippen LogP contribution is -2.55. The van der Waals surface area contributed by atoms with E-state index >= 15 is 0 Å². The summed E-state index contributed by atoms with van der Waals surface area (Å²) in [6.07, 6.45) is 7.41. The number of ether oxygens (including phenoxy) is 1. The molecule has 0 aliphatic heterocycles. The SMILES string of the molecule is CCCNC(=O)C1(c2ccc(F)cc2)CCC(c2cn(CC3CC3)c(-c3ccccc3)n2)CC1OC. The van der Waals surface area contributed by atoms with E-state index in [1.807, 2.05) is 13.0 Å². The smallest absolute Gasteiger partial charge is 0.233 e. The Labute approximate surface area is 213 Å². The molecule has 0 spiro atoms. The maximum Gasteiger partial charge on any atom is 0.233 e. The molecular formula is C30H36FN3O2. The molecule has 5 nitrogen and oxygen atoms in total. The summed E-state index contributed by atoms with van der Waals surface area (Å²) in [7, 11) is 1.68. The van der Waals surface area contributed by atoms with Gasteiger partial charge in [0, 0.05) is 37.9 Å². The second-order valence-electron chi connectivity index (χ2n) is 10.4. The van der Waals surface area contributed by atoms with E-state index < -0.39 is 5.41 Å².